The van der Waals surface area contributed by atoms with Crippen molar-refractivity contribution in [1.29, 1.82) is 0 Å². The average molecular weight is 395 g/mol. The highest BCUT2D eigenvalue weighted by atomic mass is 16.5. The summed E-state index contributed by atoms with van der Waals surface area (Å²) in [6.45, 7) is 10.2. The number of amides is 1. The molecule has 3 rings (SSSR count). The maximum atomic E-state index is 13.4. The van der Waals surface area contributed by atoms with E-state index in [1.807, 2.05) is 18.2 Å². The summed E-state index contributed by atoms with van der Waals surface area (Å²) in [5, 5.41) is 0. The van der Waals surface area contributed by atoms with Gasteiger partial charge < -0.3 is 9.64 Å². The summed E-state index contributed by atoms with van der Waals surface area (Å²) in [5.74, 6) is 0.974. The topological polar surface area (TPSA) is 32.8 Å². The van der Waals surface area contributed by atoms with Gasteiger partial charge in [-0.1, -0.05) is 50.6 Å². The van der Waals surface area contributed by atoms with Gasteiger partial charge in [-0.15, -0.1) is 0 Å². The summed E-state index contributed by atoms with van der Waals surface area (Å²) in [6, 6.07) is 16.4. The van der Waals surface area contributed by atoms with E-state index < -0.39 is 0 Å². The Balaban J connectivity index is 1.82. The summed E-state index contributed by atoms with van der Waals surface area (Å²) in [5.41, 5.74) is 3.05. The summed E-state index contributed by atoms with van der Waals surface area (Å²) < 4.78 is 5.34. The van der Waals surface area contributed by atoms with Crippen LogP contribution < -0.4 is 4.74 Å². The van der Waals surface area contributed by atoms with Crippen LogP contribution in [0.1, 0.15) is 55.1 Å². The van der Waals surface area contributed by atoms with Crippen LogP contribution >= 0.6 is 0 Å². The van der Waals surface area contributed by atoms with Gasteiger partial charge in [-0.2, -0.15) is 0 Å². The lowest BCUT2D eigenvalue weighted by Gasteiger charge is -2.46. The van der Waals surface area contributed by atoms with E-state index in [1.54, 1.807) is 7.11 Å². The van der Waals surface area contributed by atoms with Gasteiger partial charge >= 0.3 is 0 Å². The van der Waals surface area contributed by atoms with Crippen LogP contribution in [0.5, 0.6) is 5.75 Å². The normalized spacial score (nSPS) is 15.9. The number of ether oxygens (including phenoxy) is 1. The van der Waals surface area contributed by atoms with Crippen LogP contribution in [-0.4, -0.2) is 48.0 Å². The van der Waals surface area contributed by atoms with Crippen LogP contribution in [0.4, 0.5) is 0 Å². The smallest absolute Gasteiger partial charge is 0.254 e. The Morgan fingerprint density at radius 1 is 1.14 bits per heavy atom. The van der Waals surface area contributed by atoms with Crippen LogP contribution in [0.3, 0.4) is 0 Å². The van der Waals surface area contributed by atoms with Crippen molar-refractivity contribution >= 4 is 5.91 Å². The highest BCUT2D eigenvalue weighted by molar-refractivity contribution is 5.97. The number of hydrogen-bond acceptors (Lipinski definition) is 3. The Kier molecular flexibility index (Phi) is 6.96. The second kappa shape index (κ2) is 9.45. The van der Waals surface area contributed by atoms with Gasteiger partial charge in [-0.3, -0.25) is 9.69 Å². The number of benzene rings is 2. The van der Waals surface area contributed by atoms with Gasteiger partial charge in [0.2, 0.25) is 0 Å². The number of hydrogen-bond donors (Lipinski definition) is 0. The van der Waals surface area contributed by atoms with Crippen LogP contribution in [0.25, 0.3) is 0 Å². The zero-order valence-corrected chi connectivity index (χ0v) is 18.3. The molecule has 1 heterocycles. The molecule has 1 aliphatic heterocycles. The molecule has 0 saturated heterocycles. The van der Waals surface area contributed by atoms with Crippen LogP contribution in [-0.2, 0) is 13.0 Å². The van der Waals surface area contributed by atoms with Gasteiger partial charge in [0.05, 0.1) is 12.6 Å². The molecule has 1 atom stereocenters. The van der Waals surface area contributed by atoms with Crippen molar-refractivity contribution in [3.8, 4) is 5.75 Å². The lowest BCUT2D eigenvalue weighted by Crippen LogP contribution is -2.57. The second-order valence-electron chi connectivity index (χ2n) is 8.27. The lowest BCUT2D eigenvalue weighted by molar-refractivity contribution is 0.0323. The Labute approximate surface area is 175 Å². The van der Waals surface area contributed by atoms with E-state index in [9.17, 15) is 4.79 Å². The lowest BCUT2D eigenvalue weighted by atomic mass is 9.88. The van der Waals surface area contributed by atoms with E-state index in [1.165, 1.54) is 5.56 Å². The summed E-state index contributed by atoms with van der Waals surface area (Å²) in [6.07, 6.45) is 2.93. The highest BCUT2D eigenvalue weighted by Gasteiger charge is 2.39. The minimum Gasteiger partial charge on any atom is -0.497 e. The molecule has 4 nitrogen and oxygen atoms in total. The van der Waals surface area contributed by atoms with E-state index in [4.69, 9.17) is 4.74 Å². The zero-order valence-electron chi connectivity index (χ0n) is 18.3. The van der Waals surface area contributed by atoms with Gasteiger partial charge in [-0.25, -0.2) is 0 Å². The quantitative estimate of drug-likeness (QED) is 0.614. The molecule has 4 heteroatoms. The van der Waals surface area contributed by atoms with Crippen LogP contribution in [0, 0.1) is 0 Å². The number of fused-ring (bicyclic) bond motifs is 1. The maximum absolute atomic E-state index is 13.4. The SMILES string of the molecule is CCCC(C)(CN(CC)Cc1ccccc1)N1CCc2cc(OC)ccc2C1=O. The number of methoxy groups -OCH3 is 1. The molecule has 0 spiro atoms. The third-order valence-electron chi connectivity index (χ3n) is 6.09. The average Bonchev–Trinajstić information content (AvgIpc) is 2.74. The number of nitrogens with zero attached hydrogens (tertiary/aromatic N) is 2. The highest BCUT2D eigenvalue weighted by Crippen LogP contribution is 2.31. The Morgan fingerprint density at radius 2 is 1.90 bits per heavy atom. The number of carbonyl (C=O) groups excluding carboxylic acids is 1. The van der Waals surface area contributed by atoms with Gasteiger partial charge in [-0.05, 0) is 55.6 Å². The van der Waals surface area contributed by atoms with Crippen LogP contribution in [0.15, 0.2) is 48.5 Å². The monoisotopic (exact) mass is 394 g/mol. The van der Waals surface area contributed by atoms with Gasteiger partial charge in [0.25, 0.3) is 5.91 Å². The third kappa shape index (κ3) is 4.81. The van der Waals surface area contributed by atoms with Crippen molar-refractivity contribution in [2.45, 2.75) is 52.1 Å². The first-order valence-electron chi connectivity index (χ1n) is 10.8. The van der Waals surface area contributed by atoms with Crippen molar-refractivity contribution in [2.75, 3.05) is 26.7 Å². The standard InChI is InChI=1S/C25H34N2O2/c1-5-15-25(3,19-26(6-2)18-20-10-8-7-9-11-20)27-16-14-21-17-22(29-4)12-13-23(21)24(27)28/h7-13,17H,5-6,14-16,18-19H2,1-4H3. The molecule has 0 aliphatic carbocycles. The minimum atomic E-state index is -0.186. The molecule has 0 bridgehead atoms. The van der Waals surface area contributed by atoms with Crippen molar-refractivity contribution in [3.05, 3.63) is 65.2 Å². The molecular weight excluding hydrogens is 360 g/mol. The van der Waals surface area contributed by atoms with Crippen LogP contribution in [0.2, 0.25) is 0 Å². The maximum Gasteiger partial charge on any atom is 0.254 e. The van der Waals surface area contributed by atoms with Crippen molar-refractivity contribution in [1.82, 2.24) is 9.80 Å². The number of carbonyl (C=O) groups is 1. The van der Waals surface area contributed by atoms with Gasteiger partial charge in [0.15, 0.2) is 0 Å². The number of rotatable bonds is 9. The first-order valence-corrected chi connectivity index (χ1v) is 10.8. The molecule has 2 aromatic carbocycles. The molecule has 0 fully saturated rings. The first-order chi connectivity index (χ1) is 14.0. The summed E-state index contributed by atoms with van der Waals surface area (Å²) in [4.78, 5) is 18.0. The molecule has 0 N–H and O–H groups in total. The second-order valence-corrected chi connectivity index (χ2v) is 8.27. The van der Waals surface area contributed by atoms with Crippen molar-refractivity contribution < 1.29 is 9.53 Å². The molecule has 1 amide bonds. The Hall–Kier alpha value is -2.33. The Bertz CT molecular complexity index is 821. The fourth-order valence-electron chi connectivity index (χ4n) is 4.55. The Morgan fingerprint density at radius 3 is 2.55 bits per heavy atom. The third-order valence-corrected chi connectivity index (χ3v) is 6.09. The molecule has 156 valence electrons. The largest absolute Gasteiger partial charge is 0.497 e. The molecule has 0 radical (unpaired) electrons. The van der Waals surface area contributed by atoms with E-state index in [2.05, 4.69) is 60.9 Å². The molecule has 1 aliphatic rings. The first kappa shape index (κ1) is 21.4. The minimum absolute atomic E-state index is 0.153. The van der Waals surface area contributed by atoms with Crippen molar-refractivity contribution in [2.24, 2.45) is 0 Å². The summed E-state index contributed by atoms with van der Waals surface area (Å²) >= 11 is 0. The fraction of sp³-hybridized carbons (Fsp3) is 0.480. The predicted octanol–water partition coefficient (Wildman–Crippen LogP) is 4.77. The van der Waals surface area contributed by atoms with Gasteiger partial charge in [0.1, 0.15) is 5.75 Å². The van der Waals surface area contributed by atoms with E-state index >= 15 is 0 Å². The summed E-state index contributed by atoms with van der Waals surface area (Å²) in [7, 11) is 1.67. The zero-order chi connectivity index (χ0) is 20.9. The molecular formula is C25H34N2O2. The van der Waals surface area contributed by atoms with E-state index in [0.29, 0.717) is 0 Å². The molecule has 0 saturated carbocycles. The van der Waals surface area contributed by atoms with Crippen molar-refractivity contribution in [3.63, 3.8) is 0 Å². The number of likely N-dealkylation sites (N-methyl/N-ethyl adjacent to an activating group) is 1. The fourth-order valence-corrected chi connectivity index (χ4v) is 4.55. The molecule has 29 heavy (non-hydrogen) atoms. The predicted molar refractivity (Wildman–Crippen MR) is 118 cm³/mol. The van der Waals surface area contributed by atoms with E-state index in [-0.39, 0.29) is 11.4 Å². The van der Waals surface area contributed by atoms with E-state index in [0.717, 1.165) is 62.3 Å². The molecule has 1 unspecified atom stereocenters. The van der Waals surface area contributed by atoms with Gasteiger partial charge in [0, 0.05) is 25.2 Å². The molecule has 0 aromatic heterocycles. The molecule has 2 aromatic rings.